The molecular weight excluding hydrogens is 456 g/mol. The fourth-order valence-electron chi connectivity index (χ4n) is 3.45. The molecule has 0 saturated carbocycles. The molecule has 3 aromatic rings. The molecule has 1 aliphatic heterocycles. The van der Waals surface area contributed by atoms with Gasteiger partial charge in [-0.2, -0.15) is 4.80 Å². The van der Waals surface area contributed by atoms with E-state index >= 15 is 0 Å². The van der Waals surface area contributed by atoms with Gasteiger partial charge >= 0.3 is 18.0 Å². The minimum atomic E-state index is -0.903. The summed E-state index contributed by atoms with van der Waals surface area (Å²) in [7, 11) is 0. The van der Waals surface area contributed by atoms with Gasteiger partial charge in [-0.1, -0.05) is 29.8 Å². The van der Waals surface area contributed by atoms with Crippen molar-refractivity contribution in [3.05, 3.63) is 64.8 Å². The van der Waals surface area contributed by atoms with Gasteiger partial charge in [0.15, 0.2) is 6.54 Å². The van der Waals surface area contributed by atoms with E-state index in [0.717, 1.165) is 15.9 Å². The third-order valence-electron chi connectivity index (χ3n) is 5.11. The molecule has 0 fully saturated rings. The first-order valence-electron chi connectivity index (χ1n) is 10.9. The lowest BCUT2D eigenvalue weighted by Crippen LogP contribution is -2.47. The van der Waals surface area contributed by atoms with Crippen molar-refractivity contribution in [1.29, 1.82) is 0 Å². The van der Waals surface area contributed by atoms with Crippen LogP contribution >= 0.6 is 0 Å². The van der Waals surface area contributed by atoms with Gasteiger partial charge in [-0.15, -0.1) is 10.2 Å². The molecule has 2 amide bonds. The summed E-state index contributed by atoms with van der Waals surface area (Å²) in [6.45, 7) is 4.80. The molecule has 182 valence electrons. The lowest BCUT2D eigenvalue weighted by molar-refractivity contribution is -0.144. The predicted molar refractivity (Wildman–Crippen MR) is 120 cm³/mol. The minimum Gasteiger partial charge on any atom is -0.464 e. The molecule has 2 N–H and O–H groups in total. The molecule has 1 aromatic carbocycles. The zero-order valence-electron chi connectivity index (χ0n) is 19.4. The second-order valence-corrected chi connectivity index (χ2v) is 7.76. The lowest BCUT2D eigenvalue weighted by Gasteiger charge is -2.27. The number of nitrogens with zero attached hydrogens (tertiary/aromatic N) is 4. The van der Waals surface area contributed by atoms with E-state index in [4.69, 9.17) is 13.9 Å². The quantitative estimate of drug-likeness (QED) is 0.461. The monoisotopic (exact) mass is 480 g/mol. The number of carbonyl (C=O) groups is 3. The van der Waals surface area contributed by atoms with Gasteiger partial charge in [-0.05, 0) is 38.1 Å². The van der Waals surface area contributed by atoms with Crippen molar-refractivity contribution in [2.24, 2.45) is 0 Å². The molecule has 0 saturated heterocycles. The Morgan fingerprint density at radius 1 is 1.11 bits per heavy atom. The van der Waals surface area contributed by atoms with Crippen LogP contribution in [-0.2, 0) is 25.6 Å². The topological polar surface area (TPSA) is 150 Å². The SMILES string of the molecule is CCOC(=O)C1=C(COC(=O)Cn2nnc(-c3ccc(C)cc3)n2)NC(=O)NC1c1ccc(C)o1. The van der Waals surface area contributed by atoms with Crippen LogP contribution in [0, 0.1) is 13.8 Å². The number of hydrogen-bond donors (Lipinski definition) is 2. The Balaban J connectivity index is 1.48. The predicted octanol–water partition coefficient (Wildman–Crippen LogP) is 1.96. The van der Waals surface area contributed by atoms with E-state index in [-0.39, 0.29) is 31.0 Å². The Hall–Kier alpha value is -4.48. The van der Waals surface area contributed by atoms with Gasteiger partial charge in [0.05, 0.1) is 17.9 Å². The van der Waals surface area contributed by atoms with E-state index in [1.54, 1.807) is 26.0 Å². The summed E-state index contributed by atoms with van der Waals surface area (Å²) in [4.78, 5) is 38.5. The molecule has 4 rings (SSSR count). The fraction of sp³-hybridized carbons (Fsp3) is 0.304. The van der Waals surface area contributed by atoms with E-state index in [1.165, 1.54) is 0 Å². The zero-order valence-corrected chi connectivity index (χ0v) is 19.4. The van der Waals surface area contributed by atoms with Gasteiger partial charge in [-0.3, -0.25) is 0 Å². The summed E-state index contributed by atoms with van der Waals surface area (Å²) in [6.07, 6.45) is 0. The van der Waals surface area contributed by atoms with Gasteiger partial charge in [0.2, 0.25) is 5.82 Å². The number of aromatic nitrogens is 4. The Bertz CT molecular complexity index is 1280. The van der Waals surface area contributed by atoms with Crippen molar-refractivity contribution in [2.45, 2.75) is 33.4 Å². The summed E-state index contributed by atoms with van der Waals surface area (Å²) in [6, 6.07) is 9.43. The first kappa shape index (κ1) is 23.7. The highest BCUT2D eigenvalue weighted by molar-refractivity contribution is 5.95. The normalized spacial score (nSPS) is 15.4. The van der Waals surface area contributed by atoms with Crippen molar-refractivity contribution in [3.8, 4) is 11.4 Å². The van der Waals surface area contributed by atoms with Crippen molar-refractivity contribution < 1.29 is 28.3 Å². The number of tetrazole rings is 1. The molecule has 0 radical (unpaired) electrons. The molecule has 1 aliphatic rings. The summed E-state index contributed by atoms with van der Waals surface area (Å²) in [5.74, 6) is -0.0428. The second kappa shape index (κ2) is 10.2. The Morgan fingerprint density at radius 2 is 1.89 bits per heavy atom. The van der Waals surface area contributed by atoms with Crippen molar-refractivity contribution in [3.63, 3.8) is 0 Å². The van der Waals surface area contributed by atoms with E-state index in [1.807, 2.05) is 31.2 Å². The first-order valence-corrected chi connectivity index (χ1v) is 10.9. The van der Waals surface area contributed by atoms with E-state index in [2.05, 4.69) is 26.0 Å². The molecule has 0 aliphatic carbocycles. The van der Waals surface area contributed by atoms with Crippen LogP contribution in [0.4, 0.5) is 4.79 Å². The number of benzene rings is 1. The van der Waals surface area contributed by atoms with Crippen LogP contribution in [-0.4, -0.2) is 51.4 Å². The molecule has 3 heterocycles. The van der Waals surface area contributed by atoms with E-state index in [0.29, 0.717) is 17.3 Å². The molecule has 1 atom stereocenters. The summed E-state index contributed by atoms with van der Waals surface area (Å²) >= 11 is 0. The number of hydrogen-bond acceptors (Lipinski definition) is 9. The van der Waals surface area contributed by atoms with Crippen LogP contribution in [0.25, 0.3) is 11.4 Å². The standard InChI is InChI=1S/C23H24N6O6/c1-4-33-22(31)19-16(24-23(32)25-20(19)17-10-7-14(3)35-17)12-34-18(30)11-29-27-21(26-28-29)15-8-5-13(2)6-9-15/h5-10,20H,4,11-12H2,1-3H3,(H2,24,25,32). The Morgan fingerprint density at radius 3 is 2.57 bits per heavy atom. The third-order valence-corrected chi connectivity index (χ3v) is 5.11. The summed E-state index contributed by atoms with van der Waals surface area (Å²) in [5.41, 5.74) is 2.02. The van der Waals surface area contributed by atoms with Gasteiger partial charge in [0.1, 0.15) is 24.2 Å². The van der Waals surface area contributed by atoms with E-state index in [9.17, 15) is 14.4 Å². The van der Waals surface area contributed by atoms with Crippen LogP contribution in [0.5, 0.6) is 0 Å². The van der Waals surface area contributed by atoms with Crippen LogP contribution in [0.3, 0.4) is 0 Å². The maximum atomic E-state index is 12.7. The van der Waals surface area contributed by atoms with Crippen molar-refractivity contribution in [2.75, 3.05) is 13.2 Å². The van der Waals surface area contributed by atoms with Gasteiger partial charge in [0, 0.05) is 5.56 Å². The number of ether oxygens (including phenoxy) is 2. The highest BCUT2D eigenvalue weighted by Crippen LogP contribution is 2.29. The highest BCUT2D eigenvalue weighted by atomic mass is 16.5. The van der Waals surface area contributed by atoms with Crippen LogP contribution in [0.1, 0.15) is 30.0 Å². The third kappa shape index (κ3) is 5.54. The Kier molecular flexibility index (Phi) is 6.90. The largest absolute Gasteiger partial charge is 0.464 e. The van der Waals surface area contributed by atoms with Crippen LogP contribution in [0.15, 0.2) is 52.1 Å². The number of furan rings is 1. The molecule has 35 heavy (non-hydrogen) atoms. The first-order chi connectivity index (χ1) is 16.8. The summed E-state index contributed by atoms with van der Waals surface area (Å²) < 4.78 is 16.1. The maximum absolute atomic E-state index is 12.7. The number of nitrogens with one attached hydrogen (secondary N) is 2. The number of urea groups is 1. The number of aryl methyl sites for hydroxylation is 2. The van der Waals surface area contributed by atoms with E-state index < -0.39 is 24.0 Å². The molecule has 2 aromatic heterocycles. The Labute approximate surface area is 200 Å². The molecule has 1 unspecified atom stereocenters. The van der Waals surface area contributed by atoms with Gasteiger partial charge in [0.25, 0.3) is 0 Å². The maximum Gasteiger partial charge on any atom is 0.338 e. The van der Waals surface area contributed by atoms with Gasteiger partial charge < -0.3 is 24.5 Å². The van der Waals surface area contributed by atoms with Gasteiger partial charge in [-0.25, -0.2) is 14.4 Å². The van der Waals surface area contributed by atoms with Crippen LogP contribution < -0.4 is 10.6 Å². The van der Waals surface area contributed by atoms with Crippen molar-refractivity contribution in [1.82, 2.24) is 30.8 Å². The smallest absolute Gasteiger partial charge is 0.338 e. The molecule has 0 spiro atoms. The van der Waals surface area contributed by atoms with Crippen LogP contribution in [0.2, 0.25) is 0 Å². The zero-order chi connectivity index (χ0) is 24.9. The highest BCUT2D eigenvalue weighted by Gasteiger charge is 2.36. The number of esters is 2. The fourth-order valence-corrected chi connectivity index (χ4v) is 3.45. The molecule has 12 nitrogen and oxygen atoms in total. The average molecular weight is 480 g/mol. The average Bonchev–Trinajstić information content (AvgIpc) is 3.47. The minimum absolute atomic E-state index is 0.0779. The number of carbonyl (C=O) groups excluding carboxylic acids is 3. The molecular formula is C23H24N6O6. The number of amides is 2. The lowest BCUT2D eigenvalue weighted by atomic mass is 10.0. The number of rotatable bonds is 8. The molecule has 0 bridgehead atoms. The molecule has 12 heteroatoms. The second-order valence-electron chi connectivity index (χ2n) is 7.76. The summed E-state index contributed by atoms with van der Waals surface area (Å²) in [5, 5.41) is 17.2. The van der Waals surface area contributed by atoms with Crippen molar-refractivity contribution >= 4 is 18.0 Å².